The average molecular weight is 170 g/mol. The maximum absolute atomic E-state index is 10.9. The SMILES string of the molecule is COC(=O)c1cn(CCO)cn1. The number of hydrogen-bond donors (Lipinski definition) is 1. The first-order chi connectivity index (χ1) is 5.77. The van der Waals surface area contributed by atoms with E-state index in [-0.39, 0.29) is 12.3 Å². The van der Waals surface area contributed by atoms with Gasteiger partial charge in [-0.1, -0.05) is 0 Å². The van der Waals surface area contributed by atoms with Crippen molar-refractivity contribution in [3.8, 4) is 0 Å². The molecule has 0 saturated carbocycles. The van der Waals surface area contributed by atoms with Gasteiger partial charge >= 0.3 is 5.97 Å². The van der Waals surface area contributed by atoms with E-state index >= 15 is 0 Å². The van der Waals surface area contributed by atoms with Crippen molar-refractivity contribution in [2.75, 3.05) is 13.7 Å². The van der Waals surface area contributed by atoms with Crippen LogP contribution in [0.2, 0.25) is 0 Å². The molecule has 0 fully saturated rings. The number of carbonyl (C=O) groups is 1. The van der Waals surface area contributed by atoms with Crippen molar-refractivity contribution >= 4 is 5.97 Å². The monoisotopic (exact) mass is 170 g/mol. The second-order valence-electron chi connectivity index (χ2n) is 2.21. The third-order valence-electron chi connectivity index (χ3n) is 1.39. The molecule has 1 aromatic heterocycles. The van der Waals surface area contributed by atoms with Crippen LogP contribution in [0.15, 0.2) is 12.5 Å². The van der Waals surface area contributed by atoms with Crippen molar-refractivity contribution in [1.29, 1.82) is 0 Å². The van der Waals surface area contributed by atoms with Crippen LogP contribution in [-0.4, -0.2) is 34.3 Å². The molecule has 1 heterocycles. The third-order valence-corrected chi connectivity index (χ3v) is 1.39. The van der Waals surface area contributed by atoms with E-state index in [1.54, 1.807) is 4.57 Å². The summed E-state index contributed by atoms with van der Waals surface area (Å²) in [6.45, 7) is 0.459. The fraction of sp³-hybridized carbons (Fsp3) is 0.429. The van der Waals surface area contributed by atoms with Gasteiger partial charge in [0.05, 0.1) is 20.0 Å². The van der Waals surface area contributed by atoms with Gasteiger partial charge in [0, 0.05) is 12.7 Å². The Hall–Kier alpha value is -1.36. The highest BCUT2D eigenvalue weighted by Gasteiger charge is 2.07. The van der Waals surface area contributed by atoms with Crippen LogP contribution >= 0.6 is 0 Å². The van der Waals surface area contributed by atoms with Crippen molar-refractivity contribution in [2.45, 2.75) is 6.54 Å². The molecule has 0 unspecified atom stereocenters. The maximum Gasteiger partial charge on any atom is 0.358 e. The van der Waals surface area contributed by atoms with Crippen LogP contribution in [-0.2, 0) is 11.3 Å². The number of rotatable bonds is 3. The van der Waals surface area contributed by atoms with E-state index in [4.69, 9.17) is 5.11 Å². The van der Waals surface area contributed by atoms with Gasteiger partial charge < -0.3 is 14.4 Å². The molecule has 5 nitrogen and oxygen atoms in total. The Labute approximate surface area is 69.6 Å². The van der Waals surface area contributed by atoms with Gasteiger partial charge in [-0.3, -0.25) is 0 Å². The molecule has 12 heavy (non-hydrogen) atoms. The lowest BCUT2D eigenvalue weighted by atomic mass is 10.5. The number of esters is 1. The zero-order valence-electron chi connectivity index (χ0n) is 6.73. The van der Waals surface area contributed by atoms with Crippen LogP contribution in [0.25, 0.3) is 0 Å². The molecule has 0 atom stereocenters. The summed E-state index contributed by atoms with van der Waals surface area (Å²) in [5.41, 5.74) is 0.256. The Morgan fingerprint density at radius 2 is 2.58 bits per heavy atom. The van der Waals surface area contributed by atoms with Gasteiger partial charge in [-0.05, 0) is 0 Å². The van der Waals surface area contributed by atoms with Gasteiger partial charge in [0.25, 0.3) is 0 Å². The fourth-order valence-corrected chi connectivity index (χ4v) is 0.808. The summed E-state index contributed by atoms with van der Waals surface area (Å²) in [6, 6.07) is 0. The number of methoxy groups -OCH3 is 1. The molecule has 0 aliphatic rings. The number of hydrogen-bond acceptors (Lipinski definition) is 4. The molecule has 0 bridgehead atoms. The average Bonchev–Trinajstić information content (AvgIpc) is 2.52. The minimum absolute atomic E-state index is 0.0248. The summed E-state index contributed by atoms with van der Waals surface area (Å²) in [5, 5.41) is 8.56. The highest BCUT2D eigenvalue weighted by Crippen LogP contribution is 1.97. The van der Waals surface area contributed by atoms with Crippen molar-refractivity contribution in [3.63, 3.8) is 0 Å². The third kappa shape index (κ3) is 1.82. The first-order valence-corrected chi connectivity index (χ1v) is 3.49. The molecule has 0 amide bonds. The summed E-state index contributed by atoms with van der Waals surface area (Å²) >= 11 is 0. The van der Waals surface area contributed by atoms with E-state index in [2.05, 4.69) is 9.72 Å². The van der Waals surface area contributed by atoms with Gasteiger partial charge in [-0.15, -0.1) is 0 Å². The van der Waals surface area contributed by atoms with Crippen LogP contribution in [0, 0.1) is 0 Å². The zero-order valence-corrected chi connectivity index (χ0v) is 6.73. The molecule has 1 rings (SSSR count). The van der Waals surface area contributed by atoms with Crippen LogP contribution in [0.3, 0.4) is 0 Å². The second kappa shape index (κ2) is 3.87. The van der Waals surface area contributed by atoms with Gasteiger partial charge in [0.1, 0.15) is 0 Å². The van der Waals surface area contributed by atoms with Gasteiger partial charge in [0.2, 0.25) is 0 Å². The van der Waals surface area contributed by atoms with Crippen LogP contribution < -0.4 is 0 Å². The van der Waals surface area contributed by atoms with Crippen molar-refractivity contribution in [3.05, 3.63) is 18.2 Å². The first kappa shape index (κ1) is 8.73. The smallest absolute Gasteiger partial charge is 0.358 e. The van der Waals surface area contributed by atoms with E-state index in [9.17, 15) is 4.79 Å². The molecular formula is C7H10N2O3. The Kier molecular flexibility index (Phi) is 2.82. The highest BCUT2D eigenvalue weighted by molar-refractivity contribution is 5.86. The molecular weight excluding hydrogens is 160 g/mol. The van der Waals surface area contributed by atoms with E-state index in [1.807, 2.05) is 0 Å². The largest absolute Gasteiger partial charge is 0.464 e. The van der Waals surface area contributed by atoms with Crippen molar-refractivity contribution < 1.29 is 14.6 Å². The Balaban J connectivity index is 2.70. The number of ether oxygens (including phenoxy) is 1. The molecule has 1 aromatic rings. The summed E-state index contributed by atoms with van der Waals surface area (Å²) in [5.74, 6) is -0.466. The topological polar surface area (TPSA) is 64.3 Å². The molecule has 0 aromatic carbocycles. The van der Waals surface area contributed by atoms with E-state index in [0.717, 1.165) is 0 Å². The minimum Gasteiger partial charge on any atom is -0.464 e. The fourth-order valence-electron chi connectivity index (χ4n) is 0.808. The van der Waals surface area contributed by atoms with Crippen LogP contribution in [0.4, 0.5) is 0 Å². The molecule has 0 saturated heterocycles. The van der Waals surface area contributed by atoms with E-state index in [0.29, 0.717) is 6.54 Å². The minimum atomic E-state index is -0.466. The predicted octanol–water partition coefficient (Wildman–Crippen LogP) is -0.338. The molecule has 0 spiro atoms. The molecule has 1 N–H and O–H groups in total. The van der Waals surface area contributed by atoms with Gasteiger partial charge in [-0.2, -0.15) is 0 Å². The highest BCUT2D eigenvalue weighted by atomic mass is 16.5. The summed E-state index contributed by atoms with van der Waals surface area (Å²) in [7, 11) is 1.30. The maximum atomic E-state index is 10.9. The molecule has 5 heteroatoms. The lowest BCUT2D eigenvalue weighted by Gasteiger charge is -1.94. The zero-order chi connectivity index (χ0) is 8.97. The molecule has 0 aliphatic carbocycles. The quantitative estimate of drug-likeness (QED) is 0.630. The van der Waals surface area contributed by atoms with E-state index in [1.165, 1.54) is 19.6 Å². The van der Waals surface area contributed by atoms with Gasteiger partial charge in [-0.25, -0.2) is 9.78 Å². The van der Waals surface area contributed by atoms with Crippen LogP contribution in [0.5, 0.6) is 0 Å². The number of aliphatic hydroxyl groups excluding tert-OH is 1. The molecule has 0 radical (unpaired) electrons. The number of nitrogens with zero attached hydrogens (tertiary/aromatic N) is 2. The molecule has 0 aliphatic heterocycles. The summed E-state index contributed by atoms with van der Waals surface area (Å²) in [4.78, 5) is 14.7. The van der Waals surface area contributed by atoms with E-state index < -0.39 is 5.97 Å². The molecule has 66 valence electrons. The number of imidazole rings is 1. The Bertz CT molecular complexity index is 269. The van der Waals surface area contributed by atoms with Gasteiger partial charge in [0.15, 0.2) is 5.69 Å². The van der Waals surface area contributed by atoms with Crippen molar-refractivity contribution in [1.82, 2.24) is 9.55 Å². The lowest BCUT2D eigenvalue weighted by molar-refractivity contribution is 0.0594. The van der Waals surface area contributed by atoms with Crippen molar-refractivity contribution in [2.24, 2.45) is 0 Å². The second-order valence-corrected chi connectivity index (χ2v) is 2.21. The predicted molar refractivity (Wildman–Crippen MR) is 40.7 cm³/mol. The number of aliphatic hydroxyl groups is 1. The summed E-state index contributed by atoms with van der Waals surface area (Å²) < 4.78 is 6.07. The number of aromatic nitrogens is 2. The first-order valence-electron chi connectivity index (χ1n) is 3.49. The Morgan fingerprint density at radius 1 is 1.83 bits per heavy atom. The van der Waals surface area contributed by atoms with Crippen LogP contribution in [0.1, 0.15) is 10.5 Å². The summed E-state index contributed by atoms with van der Waals surface area (Å²) in [6.07, 6.45) is 3.00. The Morgan fingerprint density at radius 3 is 3.17 bits per heavy atom. The number of carbonyl (C=O) groups excluding carboxylic acids is 1. The normalized spacial score (nSPS) is 9.83. The lowest BCUT2D eigenvalue weighted by Crippen LogP contribution is -2.02. The standard InChI is InChI=1S/C7H10N2O3/c1-12-7(11)6-4-9(2-3-10)5-8-6/h4-5,10H,2-3H2,1H3.